The van der Waals surface area contributed by atoms with Crippen molar-refractivity contribution in [3.05, 3.63) is 0 Å². The van der Waals surface area contributed by atoms with E-state index in [9.17, 15) is 14.7 Å². The Balaban J connectivity index is 1.67. The molecule has 3 aliphatic rings. The molecule has 0 aromatic heterocycles. The molecule has 28 heavy (non-hydrogen) atoms. The Kier molecular flexibility index (Phi) is 6.70. The van der Waals surface area contributed by atoms with Gasteiger partial charge in [0.1, 0.15) is 0 Å². The van der Waals surface area contributed by atoms with Crippen molar-refractivity contribution in [1.82, 2.24) is 10.6 Å². The first-order chi connectivity index (χ1) is 13.3. The van der Waals surface area contributed by atoms with Crippen molar-refractivity contribution in [2.24, 2.45) is 29.1 Å². The minimum atomic E-state index is -0.507. The van der Waals surface area contributed by atoms with Crippen molar-refractivity contribution < 1.29 is 19.4 Å². The second-order valence-corrected chi connectivity index (χ2v) is 9.76. The molecule has 0 aromatic carbocycles. The molecule has 3 rings (SSSR count). The standard InChI is InChI=1S/C22H38N2O4/c1-13(21(27)23-15-5-6-15)16-7-10-22(3)11-8-17(14(2)19(22)20(16)26)24-18(25)9-12-28-4/h13-17,19-20,26H,5-12H2,1-4H3,(H,23,27)(H,24,25)/t13-,14+,16-,17-,19+,20-,22-/m0/s1. The van der Waals surface area contributed by atoms with Crippen molar-refractivity contribution in [3.63, 3.8) is 0 Å². The number of methoxy groups -OCH3 is 1. The fraction of sp³-hybridized carbons (Fsp3) is 0.909. The average molecular weight is 395 g/mol. The highest BCUT2D eigenvalue weighted by molar-refractivity contribution is 5.79. The normalized spacial score (nSPS) is 39.0. The quantitative estimate of drug-likeness (QED) is 0.618. The van der Waals surface area contributed by atoms with Crippen LogP contribution in [0.1, 0.15) is 65.7 Å². The zero-order chi connectivity index (χ0) is 20.5. The van der Waals surface area contributed by atoms with E-state index in [2.05, 4.69) is 24.5 Å². The molecule has 0 radical (unpaired) electrons. The van der Waals surface area contributed by atoms with E-state index >= 15 is 0 Å². The molecule has 0 saturated heterocycles. The van der Waals surface area contributed by atoms with Gasteiger partial charge in [0, 0.05) is 31.5 Å². The second-order valence-electron chi connectivity index (χ2n) is 9.76. The molecule has 7 atom stereocenters. The van der Waals surface area contributed by atoms with Gasteiger partial charge in [-0.05, 0) is 61.7 Å². The third kappa shape index (κ3) is 4.54. The fourth-order valence-electron chi connectivity index (χ4n) is 5.73. The number of carbonyl (C=O) groups is 2. The number of aliphatic hydroxyl groups is 1. The Morgan fingerprint density at radius 3 is 2.50 bits per heavy atom. The van der Waals surface area contributed by atoms with Crippen molar-refractivity contribution in [3.8, 4) is 0 Å². The van der Waals surface area contributed by atoms with Gasteiger partial charge in [0.15, 0.2) is 0 Å². The molecule has 160 valence electrons. The van der Waals surface area contributed by atoms with Crippen molar-refractivity contribution in [2.75, 3.05) is 13.7 Å². The fourth-order valence-corrected chi connectivity index (χ4v) is 5.73. The molecule has 3 N–H and O–H groups in total. The number of rotatable bonds is 7. The van der Waals surface area contributed by atoms with Crippen LogP contribution in [0.4, 0.5) is 0 Å². The Labute approximate surface area is 169 Å². The lowest BCUT2D eigenvalue weighted by molar-refractivity contribution is -0.144. The highest BCUT2D eigenvalue weighted by Gasteiger charge is 2.54. The monoisotopic (exact) mass is 394 g/mol. The van der Waals surface area contributed by atoms with Gasteiger partial charge in [0.25, 0.3) is 0 Å². The van der Waals surface area contributed by atoms with Crippen molar-refractivity contribution >= 4 is 11.8 Å². The number of carbonyl (C=O) groups excluding carboxylic acids is 2. The van der Waals surface area contributed by atoms with Gasteiger partial charge in [-0.15, -0.1) is 0 Å². The molecule has 0 aliphatic heterocycles. The number of ether oxygens (including phenoxy) is 1. The highest BCUT2D eigenvalue weighted by atomic mass is 16.5. The molecule has 0 aromatic rings. The van der Waals surface area contributed by atoms with Gasteiger partial charge in [-0.3, -0.25) is 9.59 Å². The maximum absolute atomic E-state index is 12.6. The van der Waals surface area contributed by atoms with E-state index in [-0.39, 0.29) is 46.9 Å². The van der Waals surface area contributed by atoms with Gasteiger partial charge < -0.3 is 20.5 Å². The minimum absolute atomic E-state index is 0.0118. The summed E-state index contributed by atoms with van der Waals surface area (Å²) in [4.78, 5) is 24.8. The number of nitrogens with one attached hydrogen (secondary N) is 2. The van der Waals surface area contributed by atoms with Crippen LogP contribution in [0.5, 0.6) is 0 Å². The van der Waals surface area contributed by atoms with Crippen LogP contribution in [0.15, 0.2) is 0 Å². The molecule has 3 aliphatic carbocycles. The third-order valence-electron chi connectivity index (χ3n) is 7.75. The number of amides is 2. The van der Waals surface area contributed by atoms with Crippen LogP contribution < -0.4 is 10.6 Å². The van der Waals surface area contributed by atoms with E-state index in [1.54, 1.807) is 7.11 Å². The van der Waals surface area contributed by atoms with E-state index in [1.807, 2.05) is 6.92 Å². The SMILES string of the molecule is COCCC(=O)N[C@H]1CC[C@]2(C)CC[C@@H]([C@H](C)C(=O)NC3CC3)[C@H](O)[C@H]2[C@@H]1C. The van der Waals surface area contributed by atoms with Crippen LogP contribution in [-0.2, 0) is 14.3 Å². The molecule has 0 heterocycles. The summed E-state index contributed by atoms with van der Waals surface area (Å²) in [7, 11) is 1.60. The molecular weight excluding hydrogens is 356 g/mol. The van der Waals surface area contributed by atoms with Crippen LogP contribution in [0.25, 0.3) is 0 Å². The van der Waals surface area contributed by atoms with Crippen LogP contribution in [0.2, 0.25) is 0 Å². The van der Waals surface area contributed by atoms with Crippen molar-refractivity contribution in [1.29, 1.82) is 0 Å². The van der Waals surface area contributed by atoms with Gasteiger partial charge in [-0.1, -0.05) is 20.8 Å². The van der Waals surface area contributed by atoms with E-state index in [1.165, 1.54) is 0 Å². The molecule has 3 fully saturated rings. The van der Waals surface area contributed by atoms with Gasteiger partial charge in [-0.2, -0.15) is 0 Å². The second kappa shape index (κ2) is 8.70. The lowest BCUT2D eigenvalue weighted by Crippen LogP contribution is -2.58. The molecule has 3 saturated carbocycles. The number of hydrogen-bond acceptors (Lipinski definition) is 4. The largest absolute Gasteiger partial charge is 0.392 e. The molecule has 6 heteroatoms. The van der Waals surface area contributed by atoms with Crippen molar-refractivity contribution in [2.45, 2.75) is 83.9 Å². The van der Waals surface area contributed by atoms with Crippen LogP contribution in [0, 0.1) is 29.1 Å². The highest BCUT2D eigenvalue weighted by Crippen LogP contribution is 2.55. The Morgan fingerprint density at radius 2 is 1.86 bits per heavy atom. The molecule has 0 bridgehead atoms. The molecule has 6 nitrogen and oxygen atoms in total. The first-order valence-corrected chi connectivity index (χ1v) is 11.0. The first kappa shape index (κ1) is 21.6. The number of fused-ring (bicyclic) bond motifs is 1. The summed E-state index contributed by atoms with van der Waals surface area (Å²) >= 11 is 0. The minimum Gasteiger partial charge on any atom is -0.392 e. The summed E-state index contributed by atoms with van der Waals surface area (Å²) in [5, 5.41) is 17.6. The summed E-state index contributed by atoms with van der Waals surface area (Å²) in [6.45, 7) is 6.83. The van der Waals surface area contributed by atoms with Crippen LogP contribution in [0.3, 0.4) is 0 Å². The van der Waals surface area contributed by atoms with Gasteiger partial charge in [-0.25, -0.2) is 0 Å². The summed E-state index contributed by atoms with van der Waals surface area (Å²) in [6.07, 6.45) is 5.89. The maximum Gasteiger partial charge on any atom is 0.223 e. The third-order valence-corrected chi connectivity index (χ3v) is 7.75. The molecule has 2 amide bonds. The predicted molar refractivity (Wildman–Crippen MR) is 107 cm³/mol. The molecule has 0 unspecified atom stereocenters. The van der Waals surface area contributed by atoms with Gasteiger partial charge in [0.2, 0.25) is 11.8 Å². The Morgan fingerprint density at radius 1 is 1.18 bits per heavy atom. The zero-order valence-electron chi connectivity index (χ0n) is 17.9. The Bertz CT molecular complexity index is 579. The topological polar surface area (TPSA) is 87.7 Å². The van der Waals surface area contributed by atoms with E-state index in [4.69, 9.17) is 4.74 Å². The Hall–Kier alpha value is -1.14. The van der Waals surface area contributed by atoms with E-state index in [0.717, 1.165) is 38.5 Å². The molecular formula is C22H38N2O4. The van der Waals surface area contributed by atoms with Gasteiger partial charge >= 0.3 is 0 Å². The first-order valence-electron chi connectivity index (χ1n) is 11.0. The van der Waals surface area contributed by atoms with E-state index in [0.29, 0.717) is 19.1 Å². The number of aliphatic hydroxyl groups excluding tert-OH is 1. The summed E-state index contributed by atoms with van der Waals surface area (Å²) in [5.41, 5.74) is 0.0791. The smallest absolute Gasteiger partial charge is 0.223 e. The predicted octanol–water partition coefficient (Wildman–Crippen LogP) is 2.25. The maximum atomic E-state index is 12.6. The summed E-state index contributed by atoms with van der Waals surface area (Å²) in [6, 6.07) is 0.424. The van der Waals surface area contributed by atoms with Crippen LogP contribution >= 0.6 is 0 Å². The lowest BCUT2D eigenvalue weighted by atomic mass is 9.51. The summed E-state index contributed by atoms with van der Waals surface area (Å²) in [5.74, 6) is 0.196. The lowest BCUT2D eigenvalue weighted by Gasteiger charge is -2.56. The van der Waals surface area contributed by atoms with E-state index < -0.39 is 6.10 Å². The number of hydrogen-bond donors (Lipinski definition) is 3. The molecule has 0 spiro atoms. The zero-order valence-corrected chi connectivity index (χ0v) is 17.9. The van der Waals surface area contributed by atoms with Gasteiger partial charge in [0.05, 0.1) is 12.7 Å². The summed E-state index contributed by atoms with van der Waals surface area (Å²) < 4.78 is 5.00. The van der Waals surface area contributed by atoms with Crippen LogP contribution in [-0.4, -0.2) is 48.8 Å². The average Bonchev–Trinajstić information content (AvgIpc) is 3.46.